The average molecular weight is 302 g/mol. The van der Waals surface area contributed by atoms with Crippen LogP contribution in [0.4, 0.5) is 0 Å². The van der Waals surface area contributed by atoms with Gasteiger partial charge in [0.05, 0.1) is 18.9 Å². The highest BCUT2D eigenvalue weighted by Gasteiger charge is 2.18. The fraction of sp³-hybridized carbons (Fsp3) is 0.353. The molecule has 1 aromatic heterocycles. The van der Waals surface area contributed by atoms with Crippen LogP contribution in [0.15, 0.2) is 47.1 Å². The topological polar surface area (TPSA) is 54.7 Å². The van der Waals surface area contributed by atoms with Crippen molar-refractivity contribution in [2.24, 2.45) is 0 Å². The Morgan fingerprint density at radius 1 is 1.27 bits per heavy atom. The van der Waals surface area contributed by atoms with Gasteiger partial charge >= 0.3 is 0 Å². The Balaban J connectivity index is 1.96. The molecule has 0 saturated carbocycles. The summed E-state index contributed by atoms with van der Waals surface area (Å²) in [6.45, 7) is 3.02. The summed E-state index contributed by atoms with van der Waals surface area (Å²) in [6, 6.07) is 10.9. The maximum atomic E-state index is 12.2. The fourth-order valence-electron chi connectivity index (χ4n) is 2.18. The van der Waals surface area contributed by atoms with Gasteiger partial charge in [0.15, 0.2) is 0 Å². The van der Waals surface area contributed by atoms with Crippen molar-refractivity contribution in [2.45, 2.75) is 13.0 Å². The van der Waals surface area contributed by atoms with Crippen LogP contribution in [0.2, 0.25) is 0 Å². The van der Waals surface area contributed by atoms with Gasteiger partial charge in [-0.1, -0.05) is 0 Å². The summed E-state index contributed by atoms with van der Waals surface area (Å²) in [7, 11) is 3.91. The van der Waals surface area contributed by atoms with E-state index in [9.17, 15) is 4.79 Å². The second-order valence-corrected chi connectivity index (χ2v) is 5.16. The monoisotopic (exact) mass is 302 g/mol. The molecule has 1 atom stereocenters. The number of carbonyl (C=O) groups is 1. The molecule has 5 nitrogen and oxygen atoms in total. The molecule has 0 aliphatic carbocycles. The van der Waals surface area contributed by atoms with E-state index in [-0.39, 0.29) is 11.9 Å². The maximum Gasteiger partial charge on any atom is 0.251 e. The molecule has 0 aliphatic rings. The summed E-state index contributed by atoms with van der Waals surface area (Å²) < 4.78 is 10.8. The Hall–Kier alpha value is -2.27. The van der Waals surface area contributed by atoms with Crippen LogP contribution in [0.5, 0.6) is 5.75 Å². The first-order chi connectivity index (χ1) is 10.6. The molecule has 22 heavy (non-hydrogen) atoms. The molecule has 118 valence electrons. The zero-order chi connectivity index (χ0) is 15.9. The van der Waals surface area contributed by atoms with E-state index in [1.54, 1.807) is 30.5 Å². The van der Waals surface area contributed by atoms with Gasteiger partial charge in [-0.05, 0) is 57.4 Å². The van der Waals surface area contributed by atoms with Gasteiger partial charge in [0.1, 0.15) is 11.5 Å². The molecule has 0 aliphatic heterocycles. The summed E-state index contributed by atoms with van der Waals surface area (Å²) in [5.41, 5.74) is 0.611. The molecule has 5 heteroatoms. The van der Waals surface area contributed by atoms with Crippen LogP contribution in [-0.2, 0) is 0 Å². The number of amides is 1. The number of nitrogens with one attached hydrogen (secondary N) is 1. The predicted octanol–water partition coefficient (Wildman–Crippen LogP) is 2.71. The molecular formula is C17H22N2O3. The van der Waals surface area contributed by atoms with E-state index >= 15 is 0 Å². The lowest BCUT2D eigenvalue weighted by molar-refractivity contribution is 0.0939. The number of carbonyl (C=O) groups excluding carboxylic acids is 1. The molecule has 1 aromatic carbocycles. The normalized spacial score (nSPS) is 12.2. The minimum atomic E-state index is -0.110. The van der Waals surface area contributed by atoms with Crippen LogP contribution in [-0.4, -0.2) is 38.1 Å². The summed E-state index contributed by atoms with van der Waals surface area (Å²) in [4.78, 5) is 14.2. The number of likely N-dealkylation sites (N-methyl/N-ethyl adjacent to an activating group) is 1. The van der Waals surface area contributed by atoms with Gasteiger partial charge in [-0.2, -0.15) is 0 Å². The molecule has 2 aromatic rings. The van der Waals surface area contributed by atoms with E-state index in [1.807, 2.05) is 38.1 Å². The molecule has 2 rings (SSSR count). The van der Waals surface area contributed by atoms with Gasteiger partial charge in [0.25, 0.3) is 5.91 Å². The van der Waals surface area contributed by atoms with Gasteiger partial charge < -0.3 is 14.5 Å². The van der Waals surface area contributed by atoms with Gasteiger partial charge in [0, 0.05) is 12.1 Å². The highest BCUT2D eigenvalue weighted by atomic mass is 16.5. The largest absolute Gasteiger partial charge is 0.494 e. The van der Waals surface area contributed by atoms with Gasteiger partial charge in [-0.25, -0.2) is 0 Å². The van der Waals surface area contributed by atoms with Crippen molar-refractivity contribution in [2.75, 3.05) is 27.2 Å². The number of rotatable bonds is 7. The number of hydrogen-bond donors (Lipinski definition) is 1. The van der Waals surface area contributed by atoms with Crippen molar-refractivity contribution >= 4 is 5.91 Å². The zero-order valence-electron chi connectivity index (χ0n) is 13.2. The zero-order valence-corrected chi connectivity index (χ0v) is 13.2. The molecule has 0 radical (unpaired) electrons. The lowest BCUT2D eigenvalue weighted by Crippen LogP contribution is -2.34. The number of nitrogens with zero attached hydrogens (tertiary/aromatic N) is 1. The summed E-state index contributed by atoms with van der Waals surface area (Å²) in [5.74, 6) is 1.49. The van der Waals surface area contributed by atoms with Gasteiger partial charge in [-0.3, -0.25) is 9.69 Å². The Morgan fingerprint density at radius 3 is 2.55 bits per heavy atom. The third-order valence-electron chi connectivity index (χ3n) is 3.38. The molecule has 1 amide bonds. The first-order valence-corrected chi connectivity index (χ1v) is 7.32. The van der Waals surface area contributed by atoms with Crippen LogP contribution >= 0.6 is 0 Å². The van der Waals surface area contributed by atoms with Crippen LogP contribution in [0.1, 0.15) is 29.1 Å². The van der Waals surface area contributed by atoms with E-state index in [1.165, 1.54) is 0 Å². The number of hydrogen-bond acceptors (Lipinski definition) is 4. The lowest BCUT2D eigenvalue weighted by Gasteiger charge is -2.22. The lowest BCUT2D eigenvalue weighted by atomic mass is 10.1. The van der Waals surface area contributed by atoms with Crippen LogP contribution in [0, 0.1) is 0 Å². The molecule has 0 bridgehead atoms. The Kier molecular flexibility index (Phi) is 5.61. The second kappa shape index (κ2) is 7.66. The fourth-order valence-corrected chi connectivity index (χ4v) is 2.18. The summed E-state index contributed by atoms with van der Waals surface area (Å²) in [5, 5.41) is 2.94. The SMILES string of the molecule is CCOc1ccc(C(=O)NC[C@H](c2ccco2)N(C)C)cc1. The Labute approximate surface area is 130 Å². The summed E-state index contributed by atoms with van der Waals surface area (Å²) >= 11 is 0. The molecule has 1 heterocycles. The van der Waals surface area contributed by atoms with Gasteiger partial charge in [-0.15, -0.1) is 0 Å². The molecule has 0 spiro atoms. The van der Waals surface area contributed by atoms with E-state index in [2.05, 4.69) is 5.32 Å². The smallest absolute Gasteiger partial charge is 0.251 e. The van der Waals surface area contributed by atoms with Crippen LogP contribution in [0.25, 0.3) is 0 Å². The number of furan rings is 1. The number of ether oxygens (including phenoxy) is 1. The van der Waals surface area contributed by atoms with E-state index in [0.29, 0.717) is 18.7 Å². The van der Waals surface area contributed by atoms with Crippen LogP contribution < -0.4 is 10.1 Å². The van der Waals surface area contributed by atoms with Crippen molar-refractivity contribution in [1.29, 1.82) is 0 Å². The summed E-state index contributed by atoms with van der Waals surface area (Å²) in [6.07, 6.45) is 1.64. The molecule has 0 saturated heterocycles. The van der Waals surface area contributed by atoms with Crippen molar-refractivity contribution in [1.82, 2.24) is 10.2 Å². The van der Waals surface area contributed by atoms with E-state index < -0.39 is 0 Å². The minimum Gasteiger partial charge on any atom is -0.494 e. The van der Waals surface area contributed by atoms with Gasteiger partial charge in [0.2, 0.25) is 0 Å². The van der Waals surface area contributed by atoms with E-state index in [0.717, 1.165) is 11.5 Å². The third-order valence-corrected chi connectivity index (χ3v) is 3.38. The highest BCUT2D eigenvalue weighted by Crippen LogP contribution is 2.18. The third kappa shape index (κ3) is 4.11. The quantitative estimate of drug-likeness (QED) is 0.854. The van der Waals surface area contributed by atoms with E-state index in [4.69, 9.17) is 9.15 Å². The van der Waals surface area contributed by atoms with Crippen LogP contribution in [0.3, 0.4) is 0 Å². The first kappa shape index (κ1) is 16.1. The molecule has 0 unspecified atom stereocenters. The van der Waals surface area contributed by atoms with Crippen molar-refractivity contribution in [3.63, 3.8) is 0 Å². The first-order valence-electron chi connectivity index (χ1n) is 7.32. The Bertz CT molecular complexity index is 576. The predicted molar refractivity (Wildman–Crippen MR) is 85.1 cm³/mol. The average Bonchev–Trinajstić information content (AvgIpc) is 3.02. The molecular weight excluding hydrogens is 280 g/mol. The number of benzene rings is 1. The molecule has 0 fully saturated rings. The minimum absolute atomic E-state index is 0.00153. The van der Waals surface area contributed by atoms with Crippen molar-refractivity contribution in [3.05, 3.63) is 54.0 Å². The maximum absolute atomic E-state index is 12.2. The van der Waals surface area contributed by atoms with Crippen molar-refractivity contribution < 1.29 is 13.9 Å². The Morgan fingerprint density at radius 2 is 2.00 bits per heavy atom. The standard InChI is InChI=1S/C17H22N2O3/c1-4-21-14-9-7-13(8-10-14)17(20)18-12-15(19(2)3)16-6-5-11-22-16/h5-11,15H,4,12H2,1-3H3,(H,18,20)/t15-/m1/s1. The second-order valence-electron chi connectivity index (χ2n) is 5.16. The molecule has 1 N–H and O–H groups in total. The van der Waals surface area contributed by atoms with Crippen molar-refractivity contribution in [3.8, 4) is 5.75 Å². The highest BCUT2D eigenvalue weighted by molar-refractivity contribution is 5.94.